The van der Waals surface area contributed by atoms with E-state index in [1.165, 1.54) is 12.8 Å². The number of aromatic amines is 1. The minimum Gasteiger partial charge on any atom is -0.474 e. The molecular formula is C17H20BrN7O2. The van der Waals surface area contributed by atoms with Crippen LogP contribution in [-0.2, 0) is 6.54 Å². The van der Waals surface area contributed by atoms with Crippen molar-refractivity contribution in [2.75, 3.05) is 10.6 Å². The molecule has 9 nitrogen and oxygen atoms in total. The van der Waals surface area contributed by atoms with Crippen LogP contribution in [0, 0.1) is 0 Å². The van der Waals surface area contributed by atoms with Crippen LogP contribution in [-0.4, -0.2) is 31.4 Å². The van der Waals surface area contributed by atoms with Crippen LogP contribution in [0.1, 0.15) is 44.1 Å². The highest BCUT2D eigenvalue weighted by Crippen LogP contribution is 2.39. The van der Waals surface area contributed by atoms with Crippen molar-refractivity contribution in [1.82, 2.24) is 25.3 Å². The SMILES string of the molecule is CC(C)Oc1cc(Nc2nc(NCc3cc(C4CC4)no3)ncc2Br)[nH]n1. The van der Waals surface area contributed by atoms with E-state index in [-0.39, 0.29) is 6.10 Å². The number of anilines is 3. The molecule has 0 aliphatic heterocycles. The highest BCUT2D eigenvalue weighted by molar-refractivity contribution is 9.10. The second-order valence-electron chi connectivity index (χ2n) is 6.65. The van der Waals surface area contributed by atoms with E-state index < -0.39 is 0 Å². The predicted octanol–water partition coefficient (Wildman–Crippen LogP) is 3.97. The van der Waals surface area contributed by atoms with Crippen LogP contribution in [0.25, 0.3) is 0 Å². The van der Waals surface area contributed by atoms with Crippen molar-refractivity contribution in [3.8, 4) is 5.88 Å². The number of hydrogen-bond acceptors (Lipinski definition) is 8. The van der Waals surface area contributed by atoms with Crippen LogP contribution in [0.3, 0.4) is 0 Å². The molecule has 0 saturated heterocycles. The van der Waals surface area contributed by atoms with E-state index in [2.05, 4.69) is 51.9 Å². The molecule has 27 heavy (non-hydrogen) atoms. The Morgan fingerprint density at radius 1 is 1.37 bits per heavy atom. The summed E-state index contributed by atoms with van der Waals surface area (Å²) in [5, 5.41) is 17.4. The van der Waals surface area contributed by atoms with Gasteiger partial charge in [-0.05, 0) is 42.6 Å². The number of halogens is 1. The Balaban J connectivity index is 1.40. The molecule has 1 fully saturated rings. The first-order valence-corrected chi connectivity index (χ1v) is 9.57. The van der Waals surface area contributed by atoms with Crippen molar-refractivity contribution >= 4 is 33.5 Å². The molecule has 10 heteroatoms. The molecule has 0 aromatic carbocycles. The maximum Gasteiger partial charge on any atom is 0.234 e. The Labute approximate surface area is 164 Å². The van der Waals surface area contributed by atoms with Gasteiger partial charge in [-0.25, -0.2) is 4.98 Å². The topological polar surface area (TPSA) is 114 Å². The van der Waals surface area contributed by atoms with E-state index in [1.807, 2.05) is 19.9 Å². The Morgan fingerprint density at radius 2 is 2.22 bits per heavy atom. The van der Waals surface area contributed by atoms with Crippen molar-refractivity contribution in [3.63, 3.8) is 0 Å². The van der Waals surface area contributed by atoms with Gasteiger partial charge in [0.15, 0.2) is 11.6 Å². The molecule has 0 atom stereocenters. The van der Waals surface area contributed by atoms with Gasteiger partial charge in [-0.3, -0.25) is 5.10 Å². The van der Waals surface area contributed by atoms with E-state index in [4.69, 9.17) is 9.26 Å². The van der Waals surface area contributed by atoms with E-state index in [0.717, 1.165) is 15.9 Å². The zero-order chi connectivity index (χ0) is 18.8. The third-order valence-corrected chi connectivity index (χ3v) is 4.48. The molecule has 0 unspecified atom stereocenters. The maximum absolute atomic E-state index is 5.54. The third kappa shape index (κ3) is 4.57. The molecule has 3 N–H and O–H groups in total. The average Bonchev–Trinajstić information content (AvgIpc) is 3.22. The van der Waals surface area contributed by atoms with Gasteiger partial charge in [0.25, 0.3) is 0 Å². The molecule has 3 aromatic rings. The molecule has 0 bridgehead atoms. The molecule has 1 aliphatic rings. The Hall–Kier alpha value is -2.62. The lowest BCUT2D eigenvalue weighted by atomic mass is 10.3. The van der Waals surface area contributed by atoms with Crippen molar-refractivity contribution < 1.29 is 9.26 Å². The normalized spacial score (nSPS) is 13.8. The van der Waals surface area contributed by atoms with Crippen LogP contribution in [0.2, 0.25) is 0 Å². The summed E-state index contributed by atoms with van der Waals surface area (Å²) >= 11 is 3.45. The van der Waals surface area contributed by atoms with Gasteiger partial charge in [0, 0.05) is 24.2 Å². The van der Waals surface area contributed by atoms with Gasteiger partial charge in [-0.1, -0.05) is 5.16 Å². The molecule has 3 aromatic heterocycles. The largest absolute Gasteiger partial charge is 0.474 e. The van der Waals surface area contributed by atoms with Crippen LogP contribution in [0.4, 0.5) is 17.6 Å². The van der Waals surface area contributed by atoms with E-state index in [0.29, 0.717) is 35.9 Å². The van der Waals surface area contributed by atoms with Gasteiger partial charge >= 0.3 is 0 Å². The summed E-state index contributed by atoms with van der Waals surface area (Å²) in [5.41, 5.74) is 1.03. The average molecular weight is 434 g/mol. The number of nitrogens with zero attached hydrogens (tertiary/aromatic N) is 4. The van der Waals surface area contributed by atoms with E-state index in [9.17, 15) is 0 Å². The van der Waals surface area contributed by atoms with Gasteiger partial charge < -0.3 is 19.9 Å². The first-order valence-electron chi connectivity index (χ1n) is 8.78. The number of rotatable bonds is 8. The smallest absolute Gasteiger partial charge is 0.234 e. The molecule has 142 valence electrons. The monoisotopic (exact) mass is 433 g/mol. The Kier molecular flexibility index (Phi) is 4.97. The molecule has 0 radical (unpaired) electrons. The standard InChI is InChI=1S/C17H20BrN7O2/c1-9(2)26-15-6-14(23-24-15)21-16-12(18)8-20-17(22-16)19-7-11-5-13(25-27-11)10-3-4-10/h5-6,8-10H,3-4,7H2,1-2H3,(H3,19,20,21,22,23,24). The number of aromatic nitrogens is 5. The number of ether oxygens (including phenoxy) is 1. The lowest BCUT2D eigenvalue weighted by Gasteiger charge is -2.08. The summed E-state index contributed by atoms with van der Waals surface area (Å²) in [6.07, 6.45) is 4.12. The molecule has 1 saturated carbocycles. The maximum atomic E-state index is 5.54. The summed E-state index contributed by atoms with van der Waals surface area (Å²) in [7, 11) is 0. The summed E-state index contributed by atoms with van der Waals surface area (Å²) in [5.74, 6) is 3.60. The highest BCUT2D eigenvalue weighted by Gasteiger charge is 2.27. The number of nitrogens with one attached hydrogen (secondary N) is 3. The summed E-state index contributed by atoms with van der Waals surface area (Å²) in [6.45, 7) is 4.36. The quantitative estimate of drug-likeness (QED) is 0.488. The van der Waals surface area contributed by atoms with Crippen LogP contribution >= 0.6 is 15.9 Å². The number of hydrogen-bond donors (Lipinski definition) is 3. The molecule has 4 rings (SSSR count). The zero-order valence-corrected chi connectivity index (χ0v) is 16.6. The second kappa shape index (κ2) is 7.55. The van der Waals surface area contributed by atoms with Crippen molar-refractivity contribution in [1.29, 1.82) is 0 Å². The van der Waals surface area contributed by atoms with Crippen molar-refractivity contribution in [2.45, 2.75) is 45.3 Å². The second-order valence-corrected chi connectivity index (χ2v) is 7.50. The lowest BCUT2D eigenvalue weighted by Crippen LogP contribution is -2.05. The summed E-state index contributed by atoms with van der Waals surface area (Å²) in [6, 6.07) is 3.76. The van der Waals surface area contributed by atoms with Crippen LogP contribution in [0.15, 0.2) is 27.3 Å². The van der Waals surface area contributed by atoms with Crippen LogP contribution in [0.5, 0.6) is 5.88 Å². The summed E-state index contributed by atoms with van der Waals surface area (Å²) in [4.78, 5) is 8.75. The fourth-order valence-electron chi connectivity index (χ4n) is 2.49. The Morgan fingerprint density at radius 3 is 3.00 bits per heavy atom. The first-order chi connectivity index (χ1) is 13.1. The van der Waals surface area contributed by atoms with Gasteiger partial charge in [0.1, 0.15) is 5.82 Å². The fourth-order valence-corrected chi connectivity index (χ4v) is 2.78. The van der Waals surface area contributed by atoms with E-state index in [1.54, 1.807) is 12.3 Å². The zero-order valence-electron chi connectivity index (χ0n) is 15.0. The molecule has 1 aliphatic carbocycles. The first kappa shape index (κ1) is 17.8. The number of H-pyrrole nitrogens is 1. The lowest BCUT2D eigenvalue weighted by molar-refractivity contribution is 0.232. The van der Waals surface area contributed by atoms with Crippen LogP contribution < -0.4 is 15.4 Å². The minimum absolute atomic E-state index is 0.0549. The van der Waals surface area contributed by atoms with Crippen molar-refractivity contribution in [2.24, 2.45) is 0 Å². The van der Waals surface area contributed by atoms with Gasteiger partial charge in [0.2, 0.25) is 11.8 Å². The molecule has 0 amide bonds. The molecule has 0 spiro atoms. The molecular weight excluding hydrogens is 414 g/mol. The highest BCUT2D eigenvalue weighted by atomic mass is 79.9. The van der Waals surface area contributed by atoms with Gasteiger partial charge in [-0.2, -0.15) is 4.98 Å². The van der Waals surface area contributed by atoms with Gasteiger partial charge in [-0.15, -0.1) is 5.10 Å². The molecule has 3 heterocycles. The van der Waals surface area contributed by atoms with E-state index >= 15 is 0 Å². The predicted molar refractivity (Wildman–Crippen MR) is 103 cm³/mol. The third-order valence-electron chi connectivity index (χ3n) is 3.90. The van der Waals surface area contributed by atoms with Gasteiger partial charge in [0.05, 0.1) is 22.8 Å². The summed E-state index contributed by atoms with van der Waals surface area (Å²) < 4.78 is 11.6. The van der Waals surface area contributed by atoms with Crippen molar-refractivity contribution in [3.05, 3.63) is 34.3 Å². The fraction of sp³-hybridized carbons (Fsp3) is 0.412. The Bertz CT molecular complexity index is 920. The minimum atomic E-state index is 0.0549.